The first-order valence-corrected chi connectivity index (χ1v) is 11.3. The van der Waals surface area contributed by atoms with Gasteiger partial charge in [-0.2, -0.15) is 0 Å². The second-order valence-electron chi connectivity index (χ2n) is 7.86. The maximum Gasteiger partial charge on any atom is 0.408 e. The fourth-order valence-corrected chi connectivity index (χ4v) is 3.51. The Morgan fingerprint density at radius 1 is 1.22 bits per heavy atom. The Morgan fingerprint density at radius 3 is 2.61 bits per heavy atom. The molecule has 1 aliphatic rings. The quantitative estimate of drug-likeness (QED) is 0.213. The summed E-state index contributed by atoms with van der Waals surface area (Å²) in [4.78, 5) is 42.0. The third kappa shape index (κ3) is 7.44. The summed E-state index contributed by atoms with van der Waals surface area (Å²) in [5.41, 5.74) is 8.12. The summed E-state index contributed by atoms with van der Waals surface area (Å²) in [5.74, 6) is -1.18. The molecule has 2 amide bonds. The van der Waals surface area contributed by atoms with Crippen molar-refractivity contribution in [1.29, 1.82) is 5.41 Å². The average molecular weight is 516 g/mol. The van der Waals surface area contributed by atoms with Crippen molar-refractivity contribution in [2.24, 2.45) is 10.9 Å². The minimum absolute atomic E-state index is 0.0105. The Bertz CT molecular complexity index is 1150. The van der Waals surface area contributed by atoms with E-state index in [2.05, 4.69) is 15.8 Å². The number of oxime groups is 1. The number of nitrogens with two attached hydrogens (primary N) is 1. The summed E-state index contributed by atoms with van der Waals surface area (Å²) in [5, 5.41) is 16.9. The number of ether oxygens (including phenoxy) is 2. The minimum Gasteiger partial charge on any atom is -0.467 e. The molecule has 0 radical (unpaired) electrons. The first-order valence-electron chi connectivity index (χ1n) is 11.0. The average Bonchev–Trinajstić information content (AvgIpc) is 3.34. The zero-order valence-corrected chi connectivity index (χ0v) is 20.2. The standard InChI is InChI=1S/C24H26ClN5O6/c1-34-23(32)20(29-24(33)35-13-16-4-2-3-5-18(16)25)12-28-21(31)11-17-10-19(30-36-17)14-6-8-15(9-7-14)22(26)27/h2-9,17,20H,10-13H2,1H3,(H3,26,27)(H,28,31)(H,29,33)/t17?,20-/m0/s1. The van der Waals surface area contributed by atoms with Gasteiger partial charge < -0.3 is 30.7 Å². The van der Waals surface area contributed by atoms with Gasteiger partial charge in [0, 0.05) is 29.1 Å². The minimum atomic E-state index is -1.16. The Kier molecular flexibility index (Phi) is 9.23. The summed E-state index contributed by atoms with van der Waals surface area (Å²) in [6.45, 7) is -0.301. The van der Waals surface area contributed by atoms with E-state index in [9.17, 15) is 14.4 Å². The maximum atomic E-state index is 12.4. The zero-order valence-electron chi connectivity index (χ0n) is 19.5. The van der Waals surface area contributed by atoms with Crippen LogP contribution in [0.3, 0.4) is 0 Å². The highest BCUT2D eigenvalue weighted by Gasteiger charge is 2.27. The van der Waals surface area contributed by atoms with Gasteiger partial charge in [0.05, 0.1) is 19.2 Å². The molecule has 2 aromatic carbocycles. The lowest BCUT2D eigenvalue weighted by molar-refractivity contribution is -0.143. The van der Waals surface area contributed by atoms with Crippen molar-refractivity contribution in [1.82, 2.24) is 10.6 Å². The number of amidine groups is 1. The monoisotopic (exact) mass is 515 g/mol. The molecule has 5 N–H and O–H groups in total. The molecule has 0 saturated carbocycles. The van der Waals surface area contributed by atoms with Gasteiger partial charge in [-0.1, -0.05) is 59.2 Å². The topological polar surface area (TPSA) is 165 Å². The number of hydrogen-bond donors (Lipinski definition) is 4. The SMILES string of the molecule is COC(=O)[C@H](CNC(=O)CC1CC(c2ccc(C(=N)N)cc2)=NO1)NC(=O)OCc1ccccc1Cl. The van der Waals surface area contributed by atoms with Crippen LogP contribution in [0.25, 0.3) is 0 Å². The zero-order chi connectivity index (χ0) is 26.1. The van der Waals surface area contributed by atoms with Crippen LogP contribution in [0.2, 0.25) is 5.02 Å². The lowest BCUT2D eigenvalue weighted by Gasteiger charge is -2.17. The van der Waals surface area contributed by atoms with E-state index in [1.165, 1.54) is 7.11 Å². The van der Waals surface area contributed by atoms with Crippen molar-refractivity contribution in [3.8, 4) is 0 Å². The summed E-state index contributed by atoms with van der Waals surface area (Å²) >= 11 is 6.04. The smallest absolute Gasteiger partial charge is 0.408 e. The molecule has 11 nitrogen and oxygen atoms in total. The molecule has 36 heavy (non-hydrogen) atoms. The predicted octanol–water partition coefficient (Wildman–Crippen LogP) is 2.09. The Morgan fingerprint density at radius 2 is 1.94 bits per heavy atom. The van der Waals surface area contributed by atoms with Crippen LogP contribution in [0.5, 0.6) is 0 Å². The summed E-state index contributed by atoms with van der Waals surface area (Å²) in [7, 11) is 1.17. The van der Waals surface area contributed by atoms with E-state index < -0.39 is 30.1 Å². The number of amides is 2. The van der Waals surface area contributed by atoms with E-state index in [-0.39, 0.29) is 25.4 Å². The van der Waals surface area contributed by atoms with E-state index in [1.807, 2.05) is 0 Å². The molecule has 0 aliphatic carbocycles. The van der Waals surface area contributed by atoms with E-state index in [0.29, 0.717) is 28.3 Å². The van der Waals surface area contributed by atoms with E-state index in [4.69, 9.17) is 37.1 Å². The van der Waals surface area contributed by atoms with Crippen molar-refractivity contribution in [3.05, 3.63) is 70.2 Å². The second-order valence-corrected chi connectivity index (χ2v) is 8.26. The third-order valence-corrected chi connectivity index (χ3v) is 5.64. The first kappa shape index (κ1) is 26.5. The molecule has 0 spiro atoms. The molecule has 1 heterocycles. The number of carbonyl (C=O) groups is 3. The number of nitrogens with zero attached hydrogens (tertiary/aromatic N) is 1. The number of benzene rings is 2. The van der Waals surface area contributed by atoms with Crippen LogP contribution in [0.15, 0.2) is 53.7 Å². The van der Waals surface area contributed by atoms with Gasteiger partial charge in [0.1, 0.15) is 24.6 Å². The van der Waals surface area contributed by atoms with Crippen LogP contribution in [0.4, 0.5) is 4.79 Å². The van der Waals surface area contributed by atoms with Gasteiger partial charge >= 0.3 is 12.1 Å². The molecule has 12 heteroatoms. The number of hydrogen-bond acceptors (Lipinski definition) is 8. The van der Waals surface area contributed by atoms with E-state index in [1.54, 1.807) is 48.5 Å². The molecular formula is C24H26ClN5O6. The fraction of sp³-hybridized carbons (Fsp3) is 0.292. The number of carbonyl (C=O) groups excluding carboxylic acids is 3. The largest absolute Gasteiger partial charge is 0.467 e. The summed E-state index contributed by atoms with van der Waals surface area (Å²) in [6.07, 6.45) is -0.964. The predicted molar refractivity (Wildman–Crippen MR) is 132 cm³/mol. The highest BCUT2D eigenvalue weighted by Crippen LogP contribution is 2.19. The van der Waals surface area contributed by atoms with Gasteiger partial charge in [0.15, 0.2) is 0 Å². The Hall–Kier alpha value is -4.12. The second kappa shape index (κ2) is 12.5. The molecule has 0 aromatic heterocycles. The molecule has 0 fully saturated rings. The van der Waals surface area contributed by atoms with Gasteiger partial charge in [-0.05, 0) is 11.6 Å². The van der Waals surface area contributed by atoms with Gasteiger partial charge in [-0.15, -0.1) is 0 Å². The van der Waals surface area contributed by atoms with Gasteiger partial charge in [-0.3, -0.25) is 10.2 Å². The van der Waals surface area contributed by atoms with Gasteiger partial charge in [0.2, 0.25) is 5.91 Å². The van der Waals surface area contributed by atoms with Gasteiger partial charge in [-0.25, -0.2) is 9.59 Å². The molecule has 3 rings (SSSR count). The molecule has 0 saturated heterocycles. The van der Waals surface area contributed by atoms with Crippen molar-refractivity contribution in [3.63, 3.8) is 0 Å². The van der Waals surface area contributed by atoms with Crippen LogP contribution >= 0.6 is 11.6 Å². The van der Waals surface area contributed by atoms with E-state index in [0.717, 1.165) is 5.56 Å². The number of alkyl carbamates (subject to hydrolysis) is 1. The van der Waals surface area contributed by atoms with Crippen LogP contribution in [0.1, 0.15) is 29.5 Å². The summed E-state index contributed by atoms with van der Waals surface area (Å²) in [6, 6.07) is 12.7. The fourth-order valence-electron chi connectivity index (χ4n) is 3.32. The number of esters is 1. The van der Waals surface area contributed by atoms with Crippen molar-refractivity contribution < 1.29 is 28.7 Å². The Balaban J connectivity index is 1.45. The Labute approximate surface area is 212 Å². The van der Waals surface area contributed by atoms with Gasteiger partial charge in [0.25, 0.3) is 0 Å². The molecule has 0 bridgehead atoms. The third-order valence-electron chi connectivity index (χ3n) is 5.27. The number of rotatable bonds is 10. The van der Waals surface area contributed by atoms with Crippen LogP contribution in [0, 0.1) is 5.41 Å². The lowest BCUT2D eigenvalue weighted by atomic mass is 10.0. The number of nitrogen functional groups attached to an aromatic ring is 1. The van der Waals surface area contributed by atoms with Crippen LogP contribution < -0.4 is 16.4 Å². The number of nitrogens with one attached hydrogen (secondary N) is 3. The molecule has 2 atom stereocenters. The van der Waals surface area contributed by atoms with Crippen LogP contribution in [-0.4, -0.2) is 55.3 Å². The first-order chi connectivity index (χ1) is 17.3. The molecule has 1 aliphatic heterocycles. The molecule has 1 unspecified atom stereocenters. The lowest BCUT2D eigenvalue weighted by Crippen LogP contribution is -2.49. The number of halogens is 1. The molecular weight excluding hydrogens is 490 g/mol. The molecule has 2 aromatic rings. The van der Waals surface area contributed by atoms with Crippen molar-refractivity contribution >= 4 is 41.1 Å². The highest BCUT2D eigenvalue weighted by atomic mass is 35.5. The number of methoxy groups -OCH3 is 1. The molecule has 190 valence electrons. The maximum absolute atomic E-state index is 12.4. The van der Waals surface area contributed by atoms with Crippen molar-refractivity contribution in [2.45, 2.75) is 31.6 Å². The highest BCUT2D eigenvalue weighted by molar-refractivity contribution is 6.31. The van der Waals surface area contributed by atoms with Crippen LogP contribution in [-0.2, 0) is 30.5 Å². The normalized spacial score (nSPS) is 15.2. The summed E-state index contributed by atoms with van der Waals surface area (Å²) < 4.78 is 9.82. The van der Waals surface area contributed by atoms with Crippen molar-refractivity contribution in [2.75, 3.05) is 13.7 Å². The van der Waals surface area contributed by atoms with E-state index >= 15 is 0 Å².